The number of alkyl carbamates (subject to hydrolysis) is 1. The lowest BCUT2D eigenvalue weighted by molar-refractivity contribution is -0.143. The molecular formula is C29H31N5O5. The Bertz CT molecular complexity index is 1340. The molecule has 202 valence electrons. The maximum Gasteiger partial charge on any atom is 0.408 e. The van der Waals surface area contributed by atoms with Gasteiger partial charge in [0.2, 0.25) is 0 Å². The maximum absolute atomic E-state index is 12.3. The van der Waals surface area contributed by atoms with Crippen molar-refractivity contribution in [3.05, 3.63) is 90.0 Å². The molecule has 4 rings (SSSR count). The quantitative estimate of drug-likeness (QED) is 0.435. The first-order valence-corrected chi connectivity index (χ1v) is 12.5. The maximum atomic E-state index is 12.3. The molecule has 2 atom stereocenters. The van der Waals surface area contributed by atoms with Crippen LogP contribution >= 0.6 is 0 Å². The third-order valence-corrected chi connectivity index (χ3v) is 5.67. The summed E-state index contributed by atoms with van der Waals surface area (Å²) in [6, 6.07) is 17.6. The number of ether oxygens (including phenoxy) is 3. The first-order chi connectivity index (χ1) is 18.7. The molecule has 1 amide bonds. The highest BCUT2D eigenvalue weighted by atomic mass is 16.6. The number of nitrogens with one attached hydrogen (secondary N) is 1. The summed E-state index contributed by atoms with van der Waals surface area (Å²) in [5.74, 6) is 0.0327. The minimum absolute atomic E-state index is 0.215. The van der Waals surface area contributed by atoms with Crippen LogP contribution in [0.25, 0.3) is 0 Å². The van der Waals surface area contributed by atoms with Crippen LogP contribution in [0.2, 0.25) is 0 Å². The minimum atomic E-state index is -0.907. The summed E-state index contributed by atoms with van der Waals surface area (Å²) in [7, 11) is 1.27. The summed E-state index contributed by atoms with van der Waals surface area (Å²) < 4.78 is 16.5. The Kier molecular flexibility index (Phi) is 8.65. The SMILES string of the molecule is COC(=O)[C@H](Cc1ccc(OC2CC(c3ccccn3)=NN=C2c2ccccn2)cc1)NC(=O)OC(C)(C)C. The topological polar surface area (TPSA) is 124 Å². The van der Waals surface area contributed by atoms with Gasteiger partial charge in [0.25, 0.3) is 0 Å². The van der Waals surface area contributed by atoms with Gasteiger partial charge in [0, 0.05) is 25.2 Å². The predicted molar refractivity (Wildman–Crippen MR) is 146 cm³/mol. The summed E-state index contributed by atoms with van der Waals surface area (Å²) >= 11 is 0. The van der Waals surface area contributed by atoms with Gasteiger partial charge in [0.15, 0.2) is 6.10 Å². The summed E-state index contributed by atoms with van der Waals surface area (Å²) in [5.41, 5.74) is 2.85. The van der Waals surface area contributed by atoms with Gasteiger partial charge in [0.1, 0.15) is 23.1 Å². The zero-order valence-corrected chi connectivity index (χ0v) is 22.3. The van der Waals surface area contributed by atoms with E-state index in [9.17, 15) is 9.59 Å². The molecule has 2 aromatic heterocycles. The van der Waals surface area contributed by atoms with Crippen molar-refractivity contribution in [2.24, 2.45) is 10.2 Å². The van der Waals surface area contributed by atoms with E-state index in [0.29, 0.717) is 29.3 Å². The zero-order valence-electron chi connectivity index (χ0n) is 22.3. The second-order valence-corrected chi connectivity index (χ2v) is 9.84. The Balaban J connectivity index is 1.49. The molecule has 0 spiro atoms. The molecular weight excluding hydrogens is 498 g/mol. The second kappa shape index (κ2) is 12.3. The number of esters is 1. The first-order valence-electron chi connectivity index (χ1n) is 12.5. The van der Waals surface area contributed by atoms with Crippen molar-refractivity contribution in [3.63, 3.8) is 0 Å². The standard InChI is InChI=1S/C29H31N5O5/c1-29(2,3)39-28(36)32-24(27(35)37-4)17-19-11-13-20(14-12-19)38-25-18-23(21-9-5-7-15-30-21)33-34-26(25)22-10-6-8-16-31-22/h5-16,24-25H,17-18H2,1-4H3,(H,32,36)/t24-,25?/m0/s1. The van der Waals surface area contributed by atoms with Gasteiger partial charge < -0.3 is 19.5 Å². The molecule has 0 saturated carbocycles. The van der Waals surface area contributed by atoms with Crippen molar-refractivity contribution in [1.82, 2.24) is 15.3 Å². The van der Waals surface area contributed by atoms with E-state index in [2.05, 4.69) is 25.5 Å². The average Bonchev–Trinajstić information content (AvgIpc) is 2.93. The van der Waals surface area contributed by atoms with Gasteiger partial charge in [-0.1, -0.05) is 24.3 Å². The van der Waals surface area contributed by atoms with E-state index in [1.165, 1.54) is 7.11 Å². The molecule has 1 aromatic carbocycles. The molecule has 0 aliphatic carbocycles. The van der Waals surface area contributed by atoms with Crippen molar-refractivity contribution >= 4 is 23.5 Å². The molecule has 0 saturated heterocycles. The van der Waals surface area contributed by atoms with Gasteiger partial charge in [-0.05, 0) is 62.7 Å². The highest BCUT2D eigenvalue weighted by Crippen LogP contribution is 2.22. The molecule has 0 fully saturated rings. The Morgan fingerprint density at radius 1 is 0.949 bits per heavy atom. The predicted octanol–water partition coefficient (Wildman–Crippen LogP) is 4.13. The van der Waals surface area contributed by atoms with Crippen LogP contribution < -0.4 is 10.1 Å². The summed E-state index contributed by atoms with van der Waals surface area (Å²) in [5, 5.41) is 11.4. The van der Waals surface area contributed by atoms with E-state index < -0.39 is 29.8 Å². The van der Waals surface area contributed by atoms with E-state index in [1.807, 2.05) is 48.5 Å². The molecule has 0 radical (unpaired) electrons. The number of hydrogen-bond acceptors (Lipinski definition) is 9. The fourth-order valence-corrected chi connectivity index (χ4v) is 3.90. The van der Waals surface area contributed by atoms with Crippen molar-refractivity contribution in [1.29, 1.82) is 0 Å². The van der Waals surface area contributed by atoms with E-state index in [1.54, 1.807) is 45.3 Å². The normalized spacial score (nSPS) is 15.8. The Morgan fingerprint density at radius 3 is 2.21 bits per heavy atom. The Morgan fingerprint density at radius 2 is 1.62 bits per heavy atom. The number of pyridine rings is 2. The molecule has 1 aliphatic rings. The molecule has 10 heteroatoms. The number of carbonyl (C=O) groups excluding carboxylic acids is 2. The van der Waals surface area contributed by atoms with Crippen molar-refractivity contribution in [2.45, 2.75) is 51.4 Å². The fraction of sp³-hybridized carbons (Fsp3) is 0.310. The number of carbonyl (C=O) groups is 2. The summed E-state index contributed by atoms with van der Waals surface area (Å²) in [4.78, 5) is 33.4. The molecule has 1 N–H and O–H groups in total. The van der Waals surface area contributed by atoms with Gasteiger partial charge in [0.05, 0.1) is 24.2 Å². The highest BCUT2D eigenvalue weighted by molar-refractivity contribution is 6.10. The lowest BCUT2D eigenvalue weighted by Crippen LogP contribution is -2.45. The second-order valence-electron chi connectivity index (χ2n) is 9.84. The van der Waals surface area contributed by atoms with Crippen molar-refractivity contribution in [2.75, 3.05) is 7.11 Å². The fourth-order valence-electron chi connectivity index (χ4n) is 3.90. The van der Waals surface area contributed by atoms with Crippen LogP contribution in [0.5, 0.6) is 5.75 Å². The number of methoxy groups -OCH3 is 1. The highest BCUT2D eigenvalue weighted by Gasteiger charge is 2.29. The number of hydrogen-bond donors (Lipinski definition) is 1. The van der Waals surface area contributed by atoms with E-state index in [-0.39, 0.29) is 6.42 Å². The number of benzene rings is 1. The summed E-state index contributed by atoms with van der Waals surface area (Å²) in [6.07, 6.45) is 2.94. The lowest BCUT2D eigenvalue weighted by atomic mass is 10.0. The molecule has 39 heavy (non-hydrogen) atoms. The monoisotopic (exact) mass is 529 g/mol. The molecule has 3 heterocycles. The molecule has 3 aromatic rings. The van der Waals surface area contributed by atoms with Gasteiger partial charge in [-0.3, -0.25) is 9.97 Å². The number of aromatic nitrogens is 2. The smallest absolute Gasteiger partial charge is 0.408 e. The Labute approximate surface area is 227 Å². The summed E-state index contributed by atoms with van der Waals surface area (Å²) in [6.45, 7) is 5.25. The number of nitrogens with zero attached hydrogens (tertiary/aromatic N) is 4. The van der Waals surface area contributed by atoms with Crippen LogP contribution in [0.15, 0.2) is 83.3 Å². The third-order valence-electron chi connectivity index (χ3n) is 5.67. The lowest BCUT2D eigenvalue weighted by Gasteiger charge is -2.24. The van der Waals surface area contributed by atoms with Gasteiger partial charge in [-0.2, -0.15) is 5.10 Å². The van der Waals surface area contributed by atoms with E-state index in [0.717, 1.165) is 11.3 Å². The van der Waals surface area contributed by atoms with E-state index in [4.69, 9.17) is 14.2 Å². The molecule has 0 bridgehead atoms. The van der Waals surface area contributed by atoms with Gasteiger partial charge >= 0.3 is 12.1 Å². The van der Waals surface area contributed by atoms with Crippen LogP contribution in [0, 0.1) is 0 Å². The van der Waals surface area contributed by atoms with Gasteiger partial charge in [-0.15, -0.1) is 5.10 Å². The van der Waals surface area contributed by atoms with Crippen LogP contribution in [-0.4, -0.2) is 58.3 Å². The van der Waals surface area contributed by atoms with E-state index >= 15 is 0 Å². The van der Waals surface area contributed by atoms with Crippen LogP contribution in [0.3, 0.4) is 0 Å². The molecule has 1 aliphatic heterocycles. The largest absolute Gasteiger partial charge is 0.484 e. The minimum Gasteiger partial charge on any atom is -0.484 e. The molecule has 10 nitrogen and oxygen atoms in total. The average molecular weight is 530 g/mol. The number of amides is 1. The number of rotatable bonds is 8. The van der Waals surface area contributed by atoms with Crippen LogP contribution in [-0.2, 0) is 20.7 Å². The van der Waals surface area contributed by atoms with Crippen molar-refractivity contribution in [3.8, 4) is 5.75 Å². The van der Waals surface area contributed by atoms with Crippen LogP contribution in [0.1, 0.15) is 44.1 Å². The zero-order chi connectivity index (χ0) is 27.8. The van der Waals surface area contributed by atoms with Crippen LogP contribution in [0.4, 0.5) is 4.79 Å². The van der Waals surface area contributed by atoms with Crippen molar-refractivity contribution < 1.29 is 23.8 Å². The Hall–Kier alpha value is -4.60. The van der Waals surface area contributed by atoms with Gasteiger partial charge in [-0.25, -0.2) is 9.59 Å². The molecule has 1 unspecified atom stereocenters. The first kappa shape index (κ1) is 27.4. The third kappa shape index (κ3) is 7.70.